The number of esters is 4. The van der Waals surface area contributed by atoms with E-state index in [4.69, 9.17) is 35.3 Å². The lowest BCUT2D eigenvalue weighted by Crippen LogP contribution is -2.62. The number of carbonyl (C=O) groups is 4. The third-order valence-corrected chi connectivity index (χ3v) is 3.26. The van der Waals surface area contributed by atoms with E-state index in [1.54, 1.807) is 0 Å². The lowest BCUT2D eigenvalue weighted by Gasteiger charge is -2.42. The summed E-state index contributed by atoms with van der Waals surface area (Å²) in [4.78, 5) is 45.2. The largest absolute Gasteiger partial charge is 0.463 e. The molecule has 0 bridgehead atoms. The minimum atomic E-state index is -1.72. The molecule has 1 fully saturated rings. The smallest absolute Gasteiger partial charge is 0.321 e. The Labute approximate surface area is 148 Å². The first-order valence-corrected chi connectivity index (χ1v) is 7.76. The Balaban J connectivity index is 3.13. The first-order valence-electron chi connectivity index (χ1n) is 7.22. The molecule has 25 heavy (non-hydrogen) atoms. The minimum Gasteiger partial charge on any atom is -0.463 e. The van der Waals surface area contributed by atoms with Crippen LogP contribution in [-0.2, 0) is 42.9 Å². The number of rotatable bonds is 6. The summed E-state index contributed by atoms with van der Waals surface area (Å²) in [6.07, 6.45) is -7.07. The van der Waals surface area contributed by atoms with Crippen molar-refractivity contribution < 1.29 is 48.0 Å². The Morgan fingerprint density at radius 2 is 1.48 bits per heavy atom. The van der Waals surface area contributed by atoms with Gasteiger partial charge in [0, 0.05) is 20.8 Å². The SMILES string of the molecule is CC(=O)OC[C@H]1O[C@H](O)[C@H](OC(C)=O)[C@@H](OC(=O)CCl)[C@@H]1OC(C)=O. The van der Waals surface area contributed by atoms with Crippen LogP contribution < -0.4 is 0 Å². The van der Waals surface area contributed by atoms with Crippen LogP contribution in [0.4, 0.5) is 0 Å². The minimum absolute atomic E-state index is 0.397. The monoisotopic (exact) mass is 382 g/mol. The molecule has 0 saturated carbocycles. The molecule has 11 heteroatoms. The normalized spacial score (nSPS) is 28.6. The highest BCUT2D eigenvalue weighted by Gasteiger charge is 2.51. The molecule has 5 atom stereocenters. The summed E-state index contributed by atoms with van der Waals surface area (Å²) in [5.41, 5.74) is 0. The van der Waals surface area contributed by atoms with Crippen LogP contribution >= 0.6 is 11.6 Å². The second kappa shape index (κ2) is 9.54. The molecule has 0 amide bonds. The van der Waals surface area contributed by atoms with Crippen LogP contribution in [0.2, 0.25) is 0 Å². The summed E-state index contributed by atoms with van der Waals surface area (Å²) in [5, 5.41) is 10.1. The van der Waals surface area contributed by atoms with Crippen LogP contribution in [0.5, 0.6) is 0 Å². The van der Waals surface area contributed by atoms with E-state index >= 15 is 0 Å². The molecule has 0 radical (unpaired) electrons. The molecule has 1 heterocycles. The van der Waals surface area contributed by atoms with Gasteiger partial charge in [0.15, 0.2) is 24.6 Å². The molecule has 0 aliphatic carbocycles. The van der Waals surface area contributed by atoms with Crippen LogP contribution in [0.25, 0.3) is 0 Å². The van der Waals surface area contributed by atoms with Gasteiger partial charge in [0.2, 0.25) is 0 Å². The second-order valence-corrected chi connectivity index (χ2v) is 5.37. The number of aliphatic hydroxyl groups excluding tert-OH is 1. The van der Waals surface area contributed by atoms with Crippen molar-refractivity contribution >= 4 is 35.5 Å². The quantitative estimate of drug-likeness (QED) is 0.356. The summed E-state index contributed by atoms with van der Waals surface area (Å²) in [5.74, 6) is -3.62. The van der Waals surface area contributed by atoms with Crippen molar-refractivity contribution in [3.05, 3.63) is 0 Å². The summed E-state index contributed by atoms with van der Waals surface area (Å²) in [7, 11) is 0. The van der Waals surface area contributed by atoms with Crippen molar-refractivity contribution in [3.63, 3.8) is 0 Å². The third kappa shape index (κ3) is 6.48. The van der Waals surface area contributed by atoms with Crippen molar-refractivity contribution in [2.75, 3.05) is 12.5 Å². The Hall–Kier alpha value is -1.91. The summed E-state index contributed by atoms with van der Waals surface area (Å²) in [6.45, 7) is 2.91. The summed E-state index contributed by atoms with van der Waals surface area (Å²) >= 11 is 5.40. The molecule has 1 N–H and O–H groups in total. The first kappa shape index (κ1) is 21.1. The topological polar surface area (TPSA) is 135 Å². The fourth-order valence-corrected chi connectivity index (χ4v) is 2.26. The molecular weight excluding hydrogens is 364 g/mol. The van der Waals surface area contributed by atoms with Gasteiger partial charge in [-0.1, -0.05) is 0 Å². The number of alkyl halides is 1. The first-order chi connectivity index (χ1) is 11.6. The molecule has 0 spiro atoms. The number of halogens is 1. The molecule has 0 unspecified atom stereocenters. The molecule has 0 aromatic rings. The van der Waals surface area contributed by atoms with E-state index in [-0.39, 0.29) is 0 Å². The van der Waals surface area contributed by atoms with Gasteiger partial charge < -0.3 is 28.8 Å². The van der Waals surface area contributed by atoms with E-state index in [1.807, 2.05) is 0 Å². The maximum atomic E-state index is 11.6. The average Bonchev–Trinajstić information content (AvgIpc) is 2.50. The molecule has 1 saturated heterocycles. The Morgan fingerprint density at radius 1 is 0.920 bits per heavy atom. The molecule has 1 rings (SSSR count). The Morgan fingerprint density at radius 3 is 1.96 bits per heavy atom. The highest BCUT2D eigenvalue weighted by atomic mass is 35.5. The van der Waals surface area contributed by atoms with E-state index in [0.717, 1.165) is 20.8 Å². The number of hydrogen-bond donors (Lipinski definition) is 1. The van der Waals surface area contributed by atoms with E-state index in [1.165, 1.54) is 0 Å². The zero-order chi connectivity index (χ0) is 19.1. The van der Waals surface area contributed by atoms with Crippen LogP contribution in [-0.4, -0.2) is 72.2 Å². The average molecular weight is 383 g/mol. The number of aliphatic hydroxyl groups is 1. The van der Waals surface area contributed by atoms with E-state index in [2.05, 4.69) is 0 Å². The van der Waals surface area contributed by atoms with Gasteiger partial charge in [0.05, 0.1) is 0 Å². The molecule has 1 aliphatic heterocycles. The molecule has 0 aromatic carbocycles. The van der Waals surface area contributed by atoms with Crippen LogP contribution in [0.1, 0.15) is 20.8 Å². The highest BCUT2D eigenvalue weighted by molar-refractivity contribution is 6.26. The second-order valence-electron chi connectivity index (χ2n) is 5.10. The number of ether oxygens (including phenoxy) is 5. The fraction of sp³-hybridized carbons (Fsp3) is 0.714. The van der Waals surface area contributed by atoms with E-state index in [0.29, 0.717) is 0 Å². The lowest BCUT2D eigenvalue weighted by molar-refractivity contribution is -0.296. The van der Waals surface area contributed by atoms with E-state index in [9.17, 15) is 24.3 Å². The van der Waals surface area contributed by atoms with Gasteiger partial charge in [-0.2, -0.15) is 0 Å². The van der Waals surface area contributed by atoms with Crippen LogP contribution in [0.3, 0.4) is 0 Å². The van der Waals surface area contributed by atoms with Gasteiger partial charge in [-0.3, -0.25) is 19.2 Å². The number of carbonyl (C=O) groups excluding carboxylic acids is 4. The Bertz CT molecular complexity index is 522. The summed E-state index contributed by atoms with van der Waals surface area (Å²) in [6, 6.07) is 0. The van der Waals surface area contributed by atoms with Gasteiger partial charge in [-0.05, 0) is 0 Å². The van der Waals surface area contributed by atoms with Crippen LogP contribution in [0.15, 0.2) is 0 Å². The maximum Gasteiger partial charge on any atom is 0.321 e. The van der Waals surface area contributed by atoms with Crippen molar-refractivity contribution in [1.82, 2.24) is 0 Å². The van der Waals surface area contributed by atoms with Gasteiger partial charge >= 0.3 is 23.9 Å². The van der Waals surface area contributed by atoms with Crippen molar-refractivity contribution in [3.8, 4) is 0 Å². The predicted octanol–water partition coefficient (Wildman–Crippen LogP) is -0.719. The third-order valence-electron chi connectivity index (χ3n) is 3.04. The van der Waals surface area contributed by atoms with Crippen molar-refractivity contribution in [2.24, 2.45) is 0 Å². The molecular formula is C14H19ClO10. The van der Waals surface area contributed by atoms with Gasteiger partial charge in [0.25, 0.3) is 0 Å². The van der Waals surface area contributed by atoms with E-state index < -0.39 is 67.1 Å². The lowest BCUT2D eigenvalue weighted by atomic mass is 9.98. The van der Waals surface area contributed by atoms with Crippen LogP contribution in [0, 0.1) is 0 Å². The van der Waals surface area contributed by atoms with Crippen molar-refractivity contribution in [2.45, 2.75) is 51.5 Å². The predicted molar refractivity (Wildman–Crippen MR) is 79.2 cm³/mol. The van der Waals surface area contributed by atoms with Gasteiger partial charge in [-0.15, -0.1) is 11.6 Å². The molecule has 0 aromatic heterocycles. The highest BCUT2D eigenvalue weighted by Crippen LogP contribution is 2.28. The fourth-order valence-electron chi connectivity index (χ4n) is 2.20. The zero-order valence-corrected chi connectivity index (χ0v) is 14.6. The molecule has 10 nitrogen and oxygen atoms in total. The molecule has 142 valence electrons. The Kier molecular flexibility index (Phi) is 8.07. The van der Waals surface area contributed by atoms with Gasteiger partial charge in [0.1, 0.15) is 18.6 Å². The maximum absolute atomic E-state index is 11.6. The number of hydrogen-bond acceptors (Lipinski definition) is 10. The van der Waals surface area contributed by atoms with Gasteiger partial charge in [-0.25, -0.2) is 0 Å². The zero-order valence-electron chi connectivity index (χ0n) is 13.8. The van der Waals surface area contributed by atoms with Crippen molar-refractivity contribution in [1.29, 1.82) is 0 Å². The standard InChI is InChI=1S/C14H19ClO10/c1-6(16)21-5-9-11(22-7(2)17)12(25-10(19)4-15)13(14(20)24-9)23-8(3)18/h9,11-14,20H,4-5H2,1-3H3/t9-,11-,12+,13-,14+/m1/s1. The molecule has 1 aliphatic rings. The summed E-state index contributed by atoms with van der Waals surface area (Å²) < 4.78 is 25.1.